The second-order valence-corrected chi connectivity index (χ2v) is 5.61. The number of likely N-dealkylation sites (N-methyl/N-ethyl adjacent to an activating group) is 1. The molecule has 1 saturated heterocycles. The van der Waals surface area contributed by atoms with Crippen molar-refractivity contribution in [3.05, 3.63) is 23.8 Å². The van der Waals surface area contributed by atoms with Gasteiger partial charge in [-0.25, -0.2) is 0 Å². The largest absolute Gasteiger partial charge is 0.493 e. The lowest BCUT2D eigenvalue weighted by Gasteiger charge is -2.23. The third-order valence-electron chi connectivity index (χ3n) is 4.19. The minimum atomic E-state index is 0.00176. The monoisotopic (exact) mass is 308 g/mol. The smallest absolute Gasteiger partial charge is 0.161 e. The highest BCUT2D eigenvalue weighted by Gasteiger charge is 2.22. The molecule has 0 saturated carbocycles. The summed E-state index contributed by atoms with van der Waals surface area (Å²) in [5.41, 5.74) is 1.18. The summed E-state index contributed by atoms with van der Waals surface area (Å²) in [4.78, 5) is 2.54. The first-order valence-electron chi connectivity index (χ1n) is 8.13. The molecule has 1 fully saturated rings. The van der Waals surface area contributed by atoms with Gasteiger partial charge in [0.25, 0.3) is 0 Å². The highest BCUT2D eigenvalue weighted by Crippen LogP contribution is 2.28. The van der Waals surface area contributed by atoms with Crippen molar-refractivity contribution in [2.75, 3.05) is 40.0 Å². The predicted octanol–water partition coefficient (Wildman–Crippen LogP) is 1.64. The Morgan fingerprint density at radius 2 is 2.23 bits per heavy atom. The first-order chi connectivity index (χ1) is 10.8. The first kappa shape index (κ1) is 17.1. The average molecular weight is 308 g/mol. The molecule has 1 aliphatic rings. The van der Waals surface area contributed by atoms with Gasteiger partial charge in [-0.2, -0.15) is 0 Å². The minimum absolute atomic E-state index is 0.00176. The van der Waals surface area contributed by atoms with Crippen molar-refractivity contribution in [2.45, 2.75) is 32.4 Å². The van der Waals surface area contributed by atoms with Gasteiger partial charge in [-0.15, -0.1) is 0 Å². The van der Waals surface area contributed by atoms with Gasteiger partial charge in [-0.3, -0.25) is 4.90 Å². The van der Waals surface area contributed by atoms with E-state index < -0.39 is 0 Å². The van der Waals surface area contributed by atoms with E-state index in [1.807, 2.05) is 18.2 Å². The van der Waals surface area contributed by atoms with Gasteiger partial charge in [-0.1, -0.05) is 13.0 Å². The second-order valence-electron chi connectivity index (χ2n) is 5.61. The third-order valence-corrected chi connectivity index (χ3v) is 4.19. The minimum Gasteiger partial charge on any atom is -0.493 e. The number of ether oxygens (including phenoxy) is 2. The summed E-state index contributed by atoms with van der Waals surface area (Å²) in [6, 6.07) is 6.60. The quantitative estimate of drug-likeness (QED) is 0.726. The van der Waals surface area contributed by atoms with Crippen LogP contribution in [0.15, 0.2) is 18.2 Å². The van der Waals surface area contributed by atoms with Crippen LogP contribution >= 0.6 is 0 Å². The molecule has 1 aliphatic heterocycles. The van der Waals surface area contributed by atoms with Crippen LogP contribution < -0.4 is 14.8 Å². The zero-order chi connectivity index (χ0) is 15.8. The normalized spacial score (nSPS) is 18.6. The van der Waals surface area contributed by atoms with E-state index in [1.54, 1.807) is 7.11 Å². The molecule has 1 unspecified atom stereocenters. The second kappa shape index (κ2) is 8.98. The number of aliphatic hydroxyl groups is 1. The maximum Gasteiger partial charge on any atom is 0.161 e. The molecule has 0 aromatic heterocycles. The number of aliphatic hydroxyl groups excluding tert-OH is 1. The maximum absolute atomic E-state index is 8.83. The molecular weight excluding hydrogens is 280 g/mol. The van der Waals surface area contributed by atoms with Crippen molar-refractivity contribution in [1.82, 2.24) is 10.2 Å². The Morgan fingerprint density at radius 1 is 1.36 bits per heavy atom. The predicted molar refractivity (Wildman–Crippen MR) is 87.6 cm³/mol. The van der Waals surface area contributed by atoms with Crippen molar-refractivity contribution >= 4 is 0 Å². The molecule has 0 bridgehead atoms. The van der Waals surface area contributed by atoms with Crippen LogP contribution in [0.5, 0.6) is 11.5 Å². The number of likely N-dealkylation sites (tertiary alicyclic amines) is 1. The SMILES string of the molecule is CCN1CCCC1CNCc1ccc(OCCO)c(OC)c1. The molecule has 22 heavy (non-hydrogen) atoms. The molecule has 0 radical (unpaired) electrons. The number of rotatable bonds is 9. The van der Waals surface area contributed by atoms with E-state index in [0.29, 0.717) is 17.5 Å². The van der Waals surface area contributed by atoms with E-state index in [4.69, 9.17) is 14.6 Å². The highest BCUT2D eigenvalue weighted by molar-refractivity contribution is 5.42. The van der Waals surface area contributed by atoms with E-state index in [9.17, 15) is 0 Å². The Hall–Kier alpha value is -1.30. The van der Waals surface area contributed by atoms with Gasteiger partial charge in [-0.05, 0) is 43.6 Å². The molecule has 1 aromatic carbocycles. The Morgan fingerprint density at radius 3 is 2.95 bits per heavy atom. The molecule has 5 nitrogen and oxygen atoms in total. The van der Waals surface area contributed by atoms with E-state index in [0.717, 1.165) is 19.6 Å². The van der Waals surface area contributed by atoms with Crippen molar-refractivity contribution in [3.63, 3.8) is 0 Å². The van der Waals surface area contributed by atoms with Gasteiger partial charge >= 0.3 is 0 Å². The van der Waals surface area contributed by atoms with E-state index in [-0.39, 0.29) is 13.2 Å². The standard InChI is InChI=1S/C17H28N2O3/c1-3-19-8-4-5-15(19)13-18-12-14-6-7-16(22-10-9-20)17(11-14)21-2/h6-7,11,15,18,20H,3-5,8-10,12-13H2,1-2H3. The van der Waals surface area contributed by atoms with Crippen LogP contribution in [0.4, 0.5) is 0 Å². The summed E-state index contributed by atoms with van der Waals surface area (Å²) in [5.74, 6) is 1.39. The fourth-order valence-corrected chi connectivity index (χ4v) is 3.02. The van der Waals surface area contributed by atoms with Crippen LogP contribution in [0, 0.1) is 0 Å². The van der Waals surface area contributed by atoms with Gasteiger partial charge in [0.2, 0.25) is 0 Å². The summed E-state index contributed by atoms with van der Waals surface area (Å²) >= 11 is 0. The lowest BCUT2D eigenvalue weighted by Crippen LogP contribution is -2.37. The van der Waals surface area contributed by atoms with Crippen molar-refractivity contribution in [2.24, 2.45) is 0 Å². The van der Waals surface area contributed by atoms with Gasteiger partial charge in [0.1, 0.15) is 6.61 Å². The Kier molecular flexibility index (Phi) is 6.96. The van der Waals surface area contributed by atoms with Gasteiger partial charge in [0.15, 0.2) is 11.5 Å². The highest BCUT2D eigenvalue weighted by atomic mass is 16.5. The summed E-state index contributed by atoms with van der Waals surface area (Å²) in [7, 11) is 1.63. The molecule has 0 spiro atoms. The molecule has 0 amide bonds. The fourth-order valence-electron chi connectivity index (χ4n) is 3.02. The molecule has 2 rings (SSSR count). The van der Waals surface area contributed by atoms with Crippen LogP contribution in [0.25, 0.3) is 0 Å². The molecule has 1 atom stereocenters. The molecule has 0 aliphatic carbocycles. The number of hydrogen-bond donors (Lipinski definition) is 2. The molecular formula is C17H28N2O3. The number of nitrogens with one attached hydrogen (secondary N) is 1. The molecule has 1 heterocycles. The Labute approximate surface area is 133 Å². The molecule has 2 N–H and O–H groups in total. The van der Waals surface area contributed by atoms with Crippen molar-refractivity contribution < 1.29 is 14.6 Å². The number of benzene rings is 1. The van der Waals surface area contributed by atoms with Crippen LogP contribution in [0.2, 0.25) is 0 Å². The van der Waals surface area contributed by atoms with Gasteiger partial charge in [0, 0.05) is 19.1 Å². The van der Waals surface area contributed by atoms with Crippen LogP contribution in [0.1, 0.15) is 25.3 Å². The number of methoxy groups -OCH3 is 1. The van der Waals surface area contributed by atoms with Crippen molar-refractivity contribution in [1.29, 1.82) is 0 Å². The van der Waals surface area contributed by atoms with Crippen LogP contribution in [0.3, 0.4) is 0 Å². The van der Waals surface area contributed by atoms with Gasteiger partial charge in [0.05, 0.1) is 13.7 Å². The van der Waals surface area contributed by atoms with E-state index in [2.05, 4.69) is 17.1 Å². The number of hydrogen-bond acceptors (Lipinski definition) is 5. The van der Waals surface area contributed by atoms with Crippen LogP contribution in [-0.2, 0) is 6.54 Å². The van der Waals surface area contributed by atoms with Crippen molar-refractivity contribution in [3.8, 4) is 11.5 Å². The molecule has 5 heteroatoms. The zero-order valence-electron chi connectivity index (χ0n) is 13.7. The van der Waals surface area contributed by atoms with Gasteiger partial charge < -0.3 is 19.9 Å². The summed E-state index contributed by atoms with van der Waals surface area (Å²) < 4.78 is 10.8. The molecule has 124 valence electrons. The lowest BCUT2D eigenvalue weighted by atomic mass is 10.2. The fraction of sp³-hybridized carbons (Fsp3) is 0.647. The topological polar surface area (TPSA) is 54.0 Å². The maximum atomic E-state index is 8.83. The molecule has 1 aromatic rings. The third kappa shape index (κ3) is 4.60. The number of nitrogens with zero attached hydrogens (tertiary/aromatic N) is 1. The van der Waals surface area contributed by atoms with Crippen LogP contribution in [-0.4, -0.2) is 56.0 Å². The summed E-state index contributed by atoms with van der Waals surface area (Å²) in [6.45, 7) is 6.73. The Bertz CT molecular complexity index is 454. The van der Waals surface area contributed by atoms with E-state index >= 15 is 0 Å². The zero-order valence-corrected chi connectivity index (χ0v) is 13.7. The summed E-state index contributed by atoms with van der Waals surface area (Å²) in [6.07, 6.45) is 2.60. The first-order valence-corrected chi connectivity index (χ1v) is 8.13. The average Bonchev–Trinajstić information content (AvgIpc) is 3.01. The Balaban J connectivity index is 1.84. The lowest BCUT2D eigenvalue weighted by molar-refractivity contribution is 0.196. The van der Waals surface area contributed by atoms with E-state index in [1.165, 1.54) is 24.9 Å². The summed E-state index contributed by atoms with van der Waals surface area (Å²) in [5, 5.41) is 12.4.